The fourth-order valence-electron chi connectivity index (χ4n) is 3.81. The molecule has 0 heterocycles. The quantitative estimate of drug-likeness (QED) is 0.0717. The van der Waals surface area contributed by atoms with Crippen LogP contribution in [0.3, 0.4) is 0 Å². The van der Waals surface area contributed by atoms with Crippen LogP contribution >= 0.6 is 0 Å². The Balaban J connectivity index is 4.17. The number of ether oxygens (including phenoxy) is 4. The van der Waals surface area contributed by atoms with Gasteiger partial charge in [-0.3, -0.25) is 4.79 Å². The predicted molar refractivity (Wildman–Crippen MR) is 154 cm³/mol. The van der Waals surface area contributed by atoms with E-state index < -0.39 is 6.09 Å². The van der Waals surface area contributed by atoms with Gasteiger partial charge in [0.15, 0.2) is 6.29 Å². The molecule has 0 rings (SSSR count). The van der Waals surface area contributed by atoms with E-state index in [9.17, 15) is 9.59 Å². The second-order valence-corrected chi connectivity index (χ2v) is 10.5. The third kappa shape index (κ3) is 26.2. The maximum Gasteiger partial charge on any atom is 0.407 e. The van der Waals surface area contributed by atoms with Gasteiger partial charge in [-0.1, -0.05) is 78.1 Å². The Morgan fingerprint density at radius 3 is 1.84 bits per heavy atom. The van der Waals surface area contributed by atoms with E-state index in [1.807, 2.05) is 14.1 Å². The second kappa shape index (κ2) is 27.2. The SMILES string of the molecule is [CH2]C(COC(=O)CCC(OCCCCCCCC)OCCCCCCCC)COC(=O)NCCCN(C)C. The third-order valence-electron chi connectivity index (χ3n) is 6.17. The van der Waals surface area contributed by atoms with Crippen molar-refractivity contribution in [3.05, 3.63) is 6.92 Å². The highest BCUT2D eigenvalue weighted by molar-refractivity contribution is 5.69. The van der Waals surface area contributed by atoms with Gasteiger partial charge in [0.1, 0.15) is 0 Å². The highest BCUT2D eigenvalue weighted by Crippen LogP contribution is 2.12. The van der Waals surface area contributed by atoms with E-state index in [-0.39, 0.29) is 37.8 Å². The summed E-state index contributed by atoms with van der Waals surface area (Å²) in [4.78, 5) is 26.1. The Hall–Kier alpha value is -1.38. The fraction of sp³-hybridized carbons (Fsp3) is 0.900. The van der Waals surface area contributed by atoms with Crippen LogP contribution in [-0.4, -0.2) is 76.9 Å². The highest BCUT2D eigenvalue weighted by Gasteiger charge is 2.15. The summed E-state index contributed by atoms with van der Waals surface area (Å²) in [5.74, 6) is -0.640. The summed E-state index contributed by atoms with van der Waals surface area (Å²) >= 11 is 0. The molecule has 0 spiro atoms. The number of esters is 1. The molecule has 1 N–H and O–H groups in total. The number of unbranched alkanes of at least 4 members (excludes halogenated alkanes) is 10. The summed E-state index contributed by atoms with van der Waals surface area (Å²) in [6.45, 7) is 11.3. The lowest BCUT2D eigenvalue weighted by Gasteiger charge is -2.19. The molecular weight excluding hydrogens is 484 g/mol. The van der Waals surface area contributed by atoms with Crippen LogP contribution in [0.15, 0.2) is 0 Å². The van der Waals surface area contributed by atoms with E-state index >= 15 is 0 Å². The number of nitrogens with one attached hydrogen (secondary N) is 1. The zero-order valence-electron chi connectivity index (χ0n) is 25.1. The lowest BCUT2D eigenvalue weighted by molar-refractivity contribution is -0.160. The van der Waals surface area contributed by atoms with E-state index in [4.69, 9.17) is 18.9 Å². The van der Waals surface area contributed by atoms with Crippen LogP contribution in [0.1, 0.15) is 110 Å². The van der Waals surface area contributed by atoms with E-state index in [1.54, 1.807) is 0 Å². The molecule has 0 aliphatic heterocycles. The Labute approximate surface area is 233 Å². The van der Waals surface area contributed by atoms with Crippen molar-refractivity contribution < 1.29 is 28.5 Å². The van der Waals surface area contributed by atoms with Crippen LogP contribution in [0.2, 0.25) is 0 Å². The van der Waals surface area contributed by atoms with E-state index in [0.29, 0.717) is 26.2 Å². The minimum atomic E-state index is -0.475. The highest BCUT2D eigenvalue weighted by atomic mass is 16.7. The maximum absolute atomic E-state index is 12.3. The molecule has 0 aromatic heterocycles. The van der Waals surface area contributed by atoms with E-state index in [2.05, 4.69) is 31.0 Å². The molecule has 0 saturated carbocycles. The largest absolute Gasteiger partial charge is 0.465 e. The van der Waals surface area contributed by atoms with Crippen molar-refractivity contribution in [2.75, 3.05) is 53.6 Å². The number of hydrogen-bond acceptors (Lipinski definition) is 7. The van der Waals surface area contributed by atoms with Crippen molar-refractivity contribution in [1.82, 2.24) is 10.2 Å². The van der Waals surface area contributed by atoms with Crippen molar-refractivity contribution in [3.8, 4) is 0 Å². The second-order valence-electron chi connectivity index (χ2n) is 10.5. The molecule has 0 aromatic carbocycles. The Morgan fingerprint density at radius 2 is 1.29 bits per heavy atom. The van der Waals surface area contributed by atoms with Gasteiger partial charge in [-0.25, -0.2) is 4.79 Å². The van der Waals surface area contributed by atoms with Gasteiger partial charge in [-0.15, -0.1) is 0 Å². The molecular formula is C30H59N2O6. The zero-order chi connectivity index (χ0) is 28.3. The minimum absolute atomic E-state index is 0.0954. The van der Waals surface area contributed by atoms with Gasteiger partial charge >= 0.3 is 12.1 Å². The van der Waals surface area contributed by atoms with Crippen LogP contribution in [0.25, 0.3) is 0 Å². The lowest BCUT2D eigenvalue weighted by Crippen LogP contribution is -2.29. The fourth-order valence-corrected chi connectivity index (χ4v) is 3.81. The average molecular weight is 544 g/mol. The van der Waals surface area contributed by atoms with Crippen LogP contribution in [0.5, 0.6) is 0 Å². The summed E-state index contributed by atoms with van der Waals surface area (Å²) in [6, 6.07) is 0. The molecule has 0 aromatic rings. The first-order valence-corrected chi connectivity index (χ1v) is 15.2. The number of rotatable bonds is 27. The molecule has 8 heteroatoms. The van der Waals surface area contributed by atoms with Crippen LogP contribution < -0.4 is 5.32 Å². The normalized spacial score (nSPS) is 12.2. The monoisotopic (exact) mass is 543 g/mol. The van der Waals surface area contributed by atoms with Crippen molar-refractivity contribution in [2.45, 2.75) is 116 Å². The summed E-state index contributed by atoms with van der Waals surface area (Å²) < 4.78 is 22.5. The van der Waals surface area contributed by atoms with Gasteiger partial charge in [0.2, 0.25) is 0 Å². The molecule has 0 bridgehead atoms. The lowest BCUT2D eigenvalue weighted by atomic mass is 10.1. The van der Waals surface area contributed by atoms with Gasteiger partial charge in [0.05, 0.1) is 19.6 Å². The predicted octanol–water partition coefficient (Wildman–Crippen LogP) is 6.52. The van der Waals surface area contributed by atoms with Crippen LogP contribution in [0.4, 0.5) is 4.79 Å². The molecule has 225 valence electrons. The van der Waals surface area contributed by atoms with Crippen molar-refractivity contribution in [3.63, 3.8) is 0 Å². The minimum Gasteiger partial charge on any atom is -0.465 e. The molecule has 0 fully saturated rings. The number of amides is 1. The van der Waals surface area contributed by atoms with Crippen LogP contribution in [-0.2, 0) is 23.7 Å². The van der Waals surface area contributed by atoms with Crippen molar-refractivity contribution in [2.24, 2.45) is 5.92 Å². The first-order chi connectivity index (χ1) is 18.4. The van der Waals surface area contributed by atoms with Gasteiger partial charge in [-0.05, 0) is 46.8 Å². The van der Waals surface area contributed by atoms with Crippen molar-refractivity contribution in [1.29, 1.82) is 0 Å². The van der Waals surface area contributed by atoms with Gasteiger partial charge < -0.3 is 29.2 Å². The van der Waals surface area contributed by atoms with Gasteiger partial charge in [0, 0.05) is 32.1 Å². The summed E-state index contributed by atoms with van der Waals surface area (Å²) in [5.41, 5.74) is 0. The molecule has 1 atom stereocenters. The topological polar surface area (TPSA) is 86.3 Å². The molecule has 38 heavy (non-hydrogen) atoms. The summed E-state index contributed by atoms with van der Waals surface area (Å²) in [7, 11) is 3.97. The molecule has 1 radical (unpaired) electrons. The smallest absolute Gasteiger partial charge is 0.407 e. The molecule has 1 unspecified atom stereocenters. The number of nitrogens with zero attached hydrogens (tertiary/aromatic N) is 1. The average Bonchev–Trinajstić information content (AvgIpc) is 2.90. The number of carbonyl (C=O) groups excluding carboxylic acids is 2. The zero-order valence-corrected chi connectivity index (χ0v) is 25.1. The molecule has 8 nitrogen and oxygen atoms in total. The standard InChI is InChI=1S/C30H59N2O6/c1-6-8-10-12-14-16-23-35-29(36-24-17-15-13-11-9-7-2)20-19-28(33)37-25-27(3)26-38-30(34)31-21-18-22-32(4)5/h27,29H,3,6-26H2,1-2,4-5H3,(H,31,34). The third-order valence-corrected chi connectivity index (χ3v) is 6.17. The summed E-state index contributed by atoms with van der Waals surface area (Å²) in [6.07, 6.45) is 15.1. The number of carbonyl (C=O) groups is 2. The maximum atomic E-state index is 12.3. The van der Waals surface area contributed by atoms with Crippen LogP contribution in [0, 0.1) is 12.8 Å². The first-order valence-electron chi connectivity index (χ1n) is 15.2. The first kappa shape index (κ1) is 36.6. The molecule has 0 aliphatic carbocycles. The molecule has 1 amide bonds. The summed E-state index contributed by atoms with van der Waals surface area (Å²) in [5, 5.41) is 2.71. The Morgan fingerprint density at radius 1 is 0.763 bits per heavy atom. The number of alkyl carbamates (subject to hydrolysis) is 1. The van der Waals surface area contributed by atoms with Gasteiger partial charge in [-0.2, -0.15) is 0 Å². The van der Waals surface area contributed by atoms with Gasteiger partial charge in [0.25, 0.3) is 0 Å². The molecule has 0 saturated heterocycles. The molecule has 0 aliphatic rings. The Bertz CT molecular complexity index is 529. The van der Waals surface area contributed by atoms with Crippen molar-refractivity contribution >= 4 is 12.1 Å². The van der Waals surface area contributed by atoms with E-state index in [0.717, 1.165) is 38.6 Å². The number of hydrogen-bond donors (Lipinski definition) is 1. The van der Waals surface area contributed by atoms with E-state index in [1.165, 1.54) is 51.4 Å². The Kier molecular flexibility index (Phi) is 26.2.